The number of benzene rings is 2. The van der Waals surface area contributed by atoms with E-state index in [9.17, 15) is 23.1 Å². The fraction of sp³-hybridized carbons (Fsp3) is 0.222. The van der Waals surface area contributed by atoms with Gasteiger partial charge in [-0.3, -0.25) is 0 Å². The van der Waals surface area contributed by atoms with Crippen molar-refractivity contribution in [2.75, 3.05) is 0 Å². The number of aromatic nitrogens is 1. The zero-order valence-corrected chi connectivity index (χ0v) is 18.8. The minimum atomic E-state index is -0.970. The van der Waals surface area contributed by atoms with Crippen molar-refractivity contribution in [1.29, 1.82) is 0 Å². The van der Waals surface area contributed by atoms with Crippen LogP contribution >= 0.6 is 0 Å². The molecule has 1 aliphatic rings. The van der Waals surface area contributed by atoms with E-state index in [2.05, 4.69) is 0 Å². The molecule has 0 saturated carbocycles. The zero-order chi connectivity index (χ0) is 24.4. The van der Waals surface area contributed by atoms with Gasteiger partial charge in [0.05, 0.1) is 5.69 Å². The van der Waals surface area contributed by atoms with Gasteiger partial charge in [0.1, 0.15) is 29.8 Å². The lowest BCUT2D eigenvalue weighted by atomic mass is 9.97. The summed E-state index contributed by atoms with van der Waals surface area (Å²) < 4.78 is 49.3. The number of aryl methyl sites for hydroxylation is 1. The first kappa shape index (κ1) is 23.4. The summed E-state index contributed by atoms with van der Waals surface area (Å²) in [5, 5.41) is 9.67. The summed E-state index contributed by atoms with van der Waals surface area (Å²) in [4.78, 5) is 11.8. The third-order valence-electron chi connectivity index (χ3n) is 5.98. The van der Waals surface area contributed by atoms with Gasteiger partial charge in [0.2, 0.25) is 0 Å². The summed E-state index contributed by atoms with van der Waals surface area (Å²) in [6.07, 6.45) is 5.02. The standard InChI is InChI=1S/C27H24F3NO3/c1-16-4-3-5-21(14-22(16)27(32)33)31-17(2)6-10-25(31)23-12-19(28)9-11-26(23)34-15-18-7-8-20(29)13-24(18)30/h5-14,16H,3-4,15H2,1-2H3,(H,32,33). The lowest BCUT2D eigenvalue weighted by Crippen LogP contribution is -2.10. The van der Waals surface area contributed by atoms with Crippen molar-refractivity contribution in [2.45, 2.75) is 33.3 Å². The molecule has 0 saturated heterocycles. The van der Waals surface area contributed by atoms with Crippen LogP contribution in [0.4, 0.5) is 13.2 Å². The maximum absolute atomic E-state index is 14.3. The molecule has 1 heterocycles. The molecule has 0 bridgehead atoms. The van der Waals surface area contributed by atoms with Crippen molar-refractivity contribution in [3.63, 3.8) is 0 Å². The number of halogens is 3. The predicted octanol–water partition coefficient (Wildman–Crippen LogP) is 6.74. The lowest BCUT2D eigenvalue weighted by molar-refractivity contribution is -0.133. The fourth-order valence-corrected chi connectivity index (χ4v) is 4.14. The molecule has 176 valence electrons. The maximum atomic E-state index is 14.3. The topological polar surface area (TPSA) is 51.5 Å². The third-order valence-corrected chi connectivity index (χ3v) is 5.98. The van der Waals surface area contributed by atoms with Crippen LogP contribution in [0.15, 0.2) is 66.3 Å². The number of carboxylic acid groups (broad SMARTS) is 1. The molecule has 0 fully saturated rings. The first-order chi connectivity index (χ1) is 16.2. The number of hydrogen-bond acceptors (Lipinski definition) is 2. The number of nitrogens with zero attached hydrogens (tertiary/aromatic N) is 1. The predicted molar refractivity (Wildman–Crippen MR) is 124 cm³/mol. The van der Waals surface area contributed by atoms with Gasteiger partial charge in [0.15, 0.2) is 0 Å². The molecule has 0 spiro atoms. The van der Waals surface area contributed by atoms with Gasteiger partial charge in [0, 0.05) is 34.2 Å². The average molecular weight is 467 g/mol. The fourth-order valence-electron chi connectivity index (χ4n) is 4.14. The van der Waals surface area contributed by atoms with Crippen LogP contribution in [-0.2, 0) is 11.4 Å². The zero-order valence-electron chi connectivity index (χ0n) is 18.8. The lowest BCUT2D eigenvalue weighted by Gasteiger charge is -2.17. The van der Waals surface area contributed by atoms with Crippen LogP contribution in [0.5, 0.6) is 5.75 Å². The summed E-state index contributed by atoms with van der Waals surface area (Å²) in [7, 11) is 0. The Bertz CT molecular complexity index is 1310. The quantitative estimate of drug-likeness (QED) is 0.437. The summed E-state index contributed by atoms with van der Waals surface area (Å²) in [6, 6.07) is 10.9. The SMILES string of the molecule is Cc1ccc(-c2cc(F)ccc2OCc2ccc(F)cc2F)n1C1=CCCC(C)C(C(=O)O)=C1. The molecule has 2 aromatic carbocycles. The van der Waals surface area contributed by atoms with Gasteiger partial charge in [0.25, 0.3) is 0 Å². The van der Waals surface area contributed by atoms with Gasteiger partial charge in [-0.05, 0) is 74.2 Å². The van der Waals surface area contributed by atoms with E-state index >= 15 is 0 Å². The summed E-state index contributed by atoms with van der Waals surface area (Å²) in [5.41, 5.74) is 3.02. The smallest absolute Gasteiger partial charge is 0.331 e. The second kappa shape index (κ2) is 9.63. The second-order valence-electron chi connectivity index (χ2n) is 8.37. The van der Waals surface area contributed by atoms with Crippen LogP contribution in [0, 0.1) is 30.3 Å². The van der Waals surface area contributed by atoms with E-state index in [4.69, 9.17) is 4.74 Å². The van der Waals surface area contributed by atoms with Gasteiger partial charge >= 0.3 is 5.97 Å². The summed E-state index contributed by atoms with van der Waals surface area (Å²) in [5.74, 6) is -2.66. The van der Waals surface area contributed by atoms with Crippen molar-refractivity contribution in [3.05, 3.63) is 95.0 Å². The van der Waals surface area contributed by atoms with Crippen LogP contribution in [0.2, 0.25) is 0 Å². The minimum Gasteiger partial charge on any atom is -0.488 e. The second-order valence-corrected chi connectivity index (χ2v) is 8.37. The van der Waals surface area contributed by atoms with Gasteiger partial charge in [-0.25, -0.2) is 18.0 Å². The number of carbonyl (C=O) groups is 1. The van der Waals surface area contributed by atoms with Crippen LogP contribution in [0.3, 0.4) is 0 Å². The molecule has 1 atom stereocenters. The van der Waals surface area contributed by atoms with Crippen molar-refractivity contribution in [1.82, 2.24) is 4.57 Å². The molecule has 0 radical (unpaired) electrons. The Morgan fingerprint density at radius 2 is 1.82 bits per heavy atom. The third kappa shape index (κ3) is 4.78. The molecule has 7 heteroatoms. The van der Waals surface area contributed by atoms with E-state index in [1.807, 2.05) is 30.6 Å². The van der Waals surface area contributed by atoms with Gasteiger partial charge in [-0.15, -0.1) is 0 Å². The Morgan fingerprint density at radius 3 is 2.56 bits per heavy atom. The summed E-state index contributed by atoms with van der Waals surface area (Å²) in [6.45, 7) is 3.58. The molecule has 1 aliphatic carbocycles. The van der Waals surface area contributed by atoms with Crippen LogP contribution < -0.4 is 4.74 Å². The molecular weight excluding hydrogens is 443 g/mol. The van der Waals surface area contributed by atoms with Crippen LogP contribution in [0.25, 0.3) is 17.0 Å². The molecule has 4 nitrogen and oxygen atoms in total. The van der Waals surface area contributed by atoms with Crippen molar-refractivity contribution >= 4 is 11.7 Å². The van der Waals surface area contributed by atoms with Gasteiger partial charge in [-0.1, -0.05) is 13.0 Å². The highest BCUT2D eigenvalue weighted by Crippen LogP contribution is 2.36. The summed E-state index contributed by atoms with van der Waals surface area (Å²) >= 11 is 0. The van der Waals surface area contributed by atoms with E-state index < -0.39 is 23.4 Å². The number of hydrogen-bond donors (Lipinski definition) is 1. The van der Waals surface area contributed by atoms with Crippen LogP contribution in [-0.4, -0.2) is 15.6 Å². The highest BCUT2D eigenvalue weighted by atomic mass is 19.1. The Hall–Kier alpha value is -3.74. The molecule has 0 aliphatic heterocycles. The molecular formula is C27H24F3NO3. The molecule has 1 N–H and O–H groups in total. The van der Waals surface area contributed by atoms with Gasteiger partial charge < -0.3 is 14.4 Å². The highest BCUT2D eigenvalue weighted by Gasteiger charge is 2.22. The number of aliphatic carboxylic acids is 1. The first-order valence-electron chi connectivity index (χ1n) is 10.9. The molecule has 1 aromatic heterocycles. The largest absolute Gasteiger partial charge is 0.488 e. The highest BCUT2D eigenvalue weighted by molar-refractivity contribution is 5.90. The number of carboxylic acids is 1. The monoisotopic (exact) mass is 467 g/mol. The Balaban J connectivity index is 1.76. The number of ether oxygens (including phenoxy) is 1. The molecule has 34 heavy (non-hydrogen) atoms. The molecule has 1 unspecified atom stereocenters. The van der Waals surface area contributed by atoms with E-state index in [0.29, 0.717) is 41.1 Å². The Labute approximate surface area is 195 Å². The van der Waals surface area contributed by atoms with E-state index in [-0.39, 0.29) is 18.1 Å². The molecule has 0 amide bonds. The van der Waals surface area contributed by atoms with Crippen molar-refractivity contribution in [2.24, 2.45) is 5.92 Å². The number of rotatable bonds is 6. The van der Waals surface area contributed by atoms with E-state index in [1.165, 1.54) is 24.3 Å². The Morgan fingerprint density at radius 1 is 1.09 bits per heavy atom. The molecule has 3 aromatic rings. The van der Waals surface area contributed by atoms with Crippen molar-refractivity contribution < 1.29 is 27.8 Å². The number of allylic oxidation sites excluding steroid dienone is 3. The van der Waals surface area contributed by atoms with E-state index in [1.54, 1.807) is 12.1 Å². The van der Waals surface area contributed by atoms with Gasteiger partial charge in [-0.2, -0.15) is 0 Å². The average Bonchev–Trinajstić information content (AvgIpc) is 3.05. The first-order valence-corrected chi connectivity index (χ1v) is 10.9. The van der Waals surface area contributed by atoms with E-state index in [0.717, 1.165) is 17.8 Å². The maximum Gasteiger partial charge on any atom is 0.331 e. The minimum absolute atomic E-state index is 0.107. The Kier molecular flexibility index (Phi) is 6.63. The molecule has 4 rings (SSSR count). The van der Waals surface area contributed by atoms with Crippen molar-refractivity contribution in [3.8, 4) is 17.0 Å². The normalized spacial score (nSPS) is 16.0. The van der Waals surface area contributed by atoms with Crippen LogP contribution in [0.1, 0.15) is 31.0 Å².